The number of carboxylic acid groups (broad SMARTS) is 1. The molecular formula is C15H22N2O3. The Balaban J connectivity index is 2.39. The average Bonchev–Trinajstić information content (AvgIpc) is 2.45. The van der Waals surface area contributed by atoms with Gasteiger partial charge >= 0.3 is 12.0 Å². The van der Waals surface area contributed by atoms with E-state index >= 15 is 0 Å². The van der Waals surface area contributed by atoms with E-state index in [1.807, 2.05) is 37.3 Å². The van der Waals surface area contributed by atoms with Crippen LogP contribution >= 0.6 is 0 Å². The van der Waals surface area contributed by atoms with E-state index in [0.717, 1.165) is 12.0 Å². The summed E-state index contributed by atoms with van der Waals surface area (Å²) in [6.07, 6.45) is 1.22. The van der Waals surface area contributed by atoms with E-state index < -0.39 is 11.9 Å². The van der Waals surface area contributed by atoms with Crippen molar-refractivity contribution >= 4 is 12.0 Å². The third-order valence-electron chi connectivity index (χ3n) is 3.20. The molecule has 5 heteroatoms. The average molecular weight is 278 g/mol. The highest BCUT2D eigenvalue weighted by atomic mass is 16.4. The molecule has 0 bridgehead atoms. The number of benzene rings is 1. The van der Waals surface area contributed by atoms with Crippen molar-refractivity contribution in [1.82, 2.24) is 10.6 Å². The zero-order valence-electron chi connectivity index (χ0n) is 11.9. The van der Waals surface area contributed by atoms with Gasteiger partial charge in [-0.05, 0) is 18.4 Å². The summed E-state index contributed by atoms with van der Waals surface area (Å²) >= 11 is 0. The van der Waals surface area contributed by atoms with E-state index in [0.29, 0.717) is 13.0 Å². The summed E-state index contributed by atoms with van der Waals surface area (Å²) in [4.78, 5) is 22.4. The molecule has 5 nitrogen and oxygen atoms in total. The fourth-order valence-electron chi connectivity index (χ4n) is 1.84. The summed E-state index contributed by atoms with van der Waals surface area (Å²) in [6, 6.07) is 9.45. The van der Waals surface area contributed by atoms with Crippen LogP contribution in [-0.2, 0) is 4.79 Å². The summed E-state index contributed by atoms with van der Waals surface area (Å²) in [5.41, 5.74) is 1.06. The Bertz CT molecular complexity index is 434. The first kappa shape index (κ1) is 16.0. The second-order valence-electron chi connectivity index (χ2n) is 4.80. The number of carboxylic acids is 1. The van der Waals surface area contributed by atoms with Crippen LogP contribution < -0.4 is 10.6 Å². The number of aliphatic carboxylic acids is 1. The maximum Gasteiger partial charge on any atom is 0.315 e. The maximum atomic E-state index is 11.8. The van der Waals surface area contributed by atoms with Gasteiger partial charge in [0.1, 0.15) is 0 Å². The number of amides is 2. The van der Waals surface area contributed by atoms with Gasteiger partial charge in [0.05, 0.1) is 12.0 Å². The molecule has 1 rings (SSSR count). The largest absolute Gasteiger partial charge is 0.481 e. The minimum absolute atomic E-state index is 0.0342. The van der Waals surface area contributed by atoms with Crippen LogP contribution in [0.3, 0.4) is 0 Å². The SMILES string of the molecule is CCC(NC(=O)NCCC(C)C(=O)O)c1ccccc1. The fraction of sp³-hybridized carbons (Fsp3) is 0.467. The first-order chi connectivity index (χ1) is 9.54. The van der Waals surface area contributed by atoms with E-state index in [1.165, 1.54) is 0 Å². The van der Waals surface area contributed by atoms with E-state index in [2.05, 4.69) is 10.6 Å². The normalized spacial score (nSPS) is 13.3. The van der Waals surface area contributed by atoms with Gasteiger partial charge in [-0.1, -0.05) is 44.2 Å². The van der Waals surface area contributed by atoms with Gasteiger partial charge in [-0.15, -0.1) is 0 Å². The van der Waals surface area contributed by atoms with Crippen LogP contribution in [0.5, 0.6) is 0 Å². The van der Waals surface area contributed by atoms with Crippen LogP contribution in [0.2, 0.25) is 0 Å². The van der Waals surface area contributed by atoms with Gasteiger partial charge in [-0.3, -0.25) is 4.79 Å². The molecule has 3 N–H and O–H groups in total. The Morgan fingerprint density at radius 2 is 1.90 bits per heavy atom. The zero-order chi connectivity index (χ0) is 15.0. The number of hydrogen-bond donors (Lipinski definition) is 3. The Labute approximate surface area is 119 Å². The van der Waals surface area contributed by atoms with Crippen molar-refractivity contribution in [2.45, 2.75) is 32.7 Å². The molecular weight excluding hydrogens is 256 g/mol. The monoisotopic (exact) mass is 278 g/mol. The molecule has 2 atom stereocenters. The quantitative estimate of drug-likeness (QED) is 0.717. The van der Waals surface area contributed by atoms with Crippen LogP contribution in [0.1, 0.15) is 38.3 Å². The van der Waals surface area contributed by atoms with Gasteiger partial charge < -0.3 is 15.7 Å². The molecule has 0 heterocycles. The van der Waals surface area contributed by atoms with Crippen LogP contribution in [0.25, 0.3) is 0 Å². The summed E-state index contributed by atoms with van der Waals surface area (Å²) < 4.78 is 0. The highest BCUT2D eigenvalue weighted by molar-refractivity contribution is 5.74. The predicted octanol–water partition coefficient (Wildman–Crippen LogP) is 2.55. The van der Waals surface area contributed by atoms with Gasteiger partial charge in [0.2, 0.25) is 0 Å². The summed E-state index contributed by atoms with van der Waals surface area (Å²) in [7, 11) is 0. The third kappa shape index (κ3) is 5.30. The van der Waals surface area contributed by atoms with Crippen LogP contribution in [-0.4, -0.2) is 23.7 Å². The van der Waals surface area contributed by atoms with Crippen molar-refractivity contribution in [2.24, 2.45) is 5.92 Å². The molecule has 2 unspecified atom stereocenters. The summed E-state index contributed by atoms with van der Waals surface area (Å²) in [5, 5.41) is 14.3. The second-order valence-corrected chi connectivity index (χ2v) is 4.80. The third-order valence-corrected chi connectivity index (χ3v) is 3.20. The van der Waals surface area contributed by atoms with Crippen molar-refractivity contribution in [3.05, 3.63) is 35.9 Å². The van der Waals surface area contributed by atoms with Crippen molar-refractivity contribution in [1.29, 1.82) is 0 Å². The van der Waals surface area contributed by atoms with Crippen molar-refractivity contribution < 1.29 is 14.7 Å². The smallest absolute Gasteiger partial charge is 0.315 e. The molecule has 0 radical (unpaired) electrons. The lowest BCUT2D eigenvalue weighted by Gasteiger charge is -2.18. The van der Waals surface area contributed by atoms with E-state index in [4.69, 9.17) is 5.11 Å². The predicted molar refractivity (Wildman–Crippen MR) is 77.4 cm³/mol. The van der Waals surface area contributed by atoms with Gasteiger partial charge in [0.15, 0.2) is 0 Å². The molecule has 0 saturated heterocycles. The zero-order valence-corrected chi connectivity index (χ0v) is 11.9. The van der Waals surface area contributed by atoms with Crippen molar-refractivity contribution in [2.75, 3.05) is 6.54 Å². The van der Waals surface area contributed by atoms with Crippen molar-refractivity contribution in [3.63, 3.8) is 0 Å². The highest BCUT2D eigenvalue weighted by Crippen LogP contribution is 2.15. The molecule has 0 aliphatic carbocycles. The van der Waals surface area contributed by atoms with Gasteiger partial charge in [-0.2, -0.15) is 0 Å². The molecule has 20 heavy (non-hydrogen) atoms. The van der Waals surface area contributed by atoms with Gasteiger partial charge in [0.25, 0.3) is 0 Å². The molecule has 110 valence electrons. The van der Waals surface area contributed by atoms with Crippen LogP contribution in [0, 0.1) is 5.92 Å². The lowest BCUT2D eigenvalue weighted by Crippen LogP contribution is -2.38. The lowest BCUT2D eigenvalue weighted by atomic mass is 10.1. The van der Waals surface area contributed by atoms with Crippen LogP contribution in [0.4, 0.5) is 4.79 Å². The molecule has 1 aromatic rings. The van der Waals surface area contributed by atoms with Crippen LogP contribution in [0.15, 0.2) is 30.3 Å². The molecule has 1 aromatic carbocycles. The maximum absolute atomic E-state index is 11.8. The first-order valence-corrected chi connectivity index (χ1v) is 6.86. The number of hydrogen-bond acceptors (Lipinski definition) is 2. The second kappa shape index (κ2) is 8.19. The number of rotatable bonds is 7. The summed E-state index contributed by atoms with van der Waals surface area (Å²) in [6.45, 7) is 3.98. The highest BCUT2D eigenvalue weighted by Gasteiger charge is 2.13. The molecule has 0 fully saturated rings. The molecule has 0 spiro atoms. The Morgan fingerprint density at radius 1 is 1.25 bits per heavy atom. The van der Waals surface area contributed by atoms with E-state index in [9.17, 15) is 9.59 Å². The fourth-order valence-corrected chi connectivity index (χ4v) is 1.84. The lowest BCUT2D eigenvalue weighted by molar-refractivity contribution is -0.141. The molecule has 0 aromatic heterocycles. The Hall–Kier alpha value is -2.04. The molecule has 2 amide bonds. The summed E-state index contributed by atoms with van der Waals surface area (Å²) in [5.74, 6) is -1.30. The first-order valence-electron chi connectivity index (χ1n) is 6.86. The topological polar surface area (TPSA) is 78.4 Å². The van der Waals surface area contributed by atoms with Gasteiger partial charge in [-0.25, -0.2) is 4.79 Å². The number of carbonyl (C=O) groups excluding carboxylic acids is 1. The number of carbonyl (C=O) groups is 2. The minimum atomic E-state index is -0.845. The molecule has 0 aliphatic rings. The number of nitrogens with one attached hydrogen (secondary N) is 2. The molecule has 0 aliphatic heterocycles. The van der Waals surface area contributed by atoms with Crippen molar-refractivity contribution in [3.8, 4) is 0 Å². The number of urea groups is 1. The van der Waals surface area contributed by atoms with E-state index in [1.54, 1.807) is 6.92 Å². The van der Waals surface area contributed by atoms with E-state index in [-0.39, 0.29) is 12.1 Å². The standard InChI is InChI=1S/C15H22N2O3/c1-3-13(12-7-5-4-6-8-12)17-15(20)16-10-9-11(2)14(18)19/h4-8,11,13H,3,9-10H2,1-2H3,(H,18,19)(H2,16,17,20). The minimum Gasteiger partial charge on any atom is -0.481 e. The Kier molecular flexibility index (Phi) is 6.56. The Morgan fingerprint density at radius 3 is 2.45 bits per heavy atom. The molecule has 0 saturated carbocycles. The van der Waals surface area contributed by atoms with Gasteiger partial charge in [0, 0.05) is 6.54 Å².